The van der Waals surface area contributed by atoms with Crippen LogP contribution in [0.3, 0.4) is 0 Å². The highest BCUT2D eigenvalue weighted by Gasteiger charge is 2.21. The van der Waals surface area contributed by atoms with Crippen LogP contribution in [0, 0.1) is 0 Å². The molecule has 23 heavy (non-hydrogen) atoms. The molecule has 7 heteroatoms. The van der Waals surface area contributed by atoms with Gasteiger partial charge in [0.15, 0.2) is 0 Å². The fraction of sp³-hybridized carbons (Fsp3) is 0.438. The van der Waals surface area contributed by atoms with Gasteiger partial charge >= 0.3 is 11.9 Å². The molecule has 0 unspecified atom stereocenters. The molecular formula is C16H21NO6. The maximum absolute atomic E-state index is 12.2. The first kappa shape index (κ1) is 18.5. The fourth-order valence-electron chi connectivity index (χ4n) is 1.85. The topological polar surface area (TPSA) is 82.1 Å². The van der Waals surface area contributed by atoms with Crippen LogP contribution in [0.5, 0.6) is 5.75 Å². The van der Waals surface area contributed by atoms with Gasteiger partial charge in [-0.05, 0) is 24.6 Å². The summed E-state index contributed by atoms with van der Waals surface area (Å²) in [6, 6.07) is 7.07. The Kier molecular flexibility index (Phi) is 7.59. The predicted molar refractivity (Wildman–Crippen MR) is 81.7 cm³/mol. The Balaban J connectivity index is 2.81. The molecule has 1 amide bonds. The molecular weight excluding hydrogens is 302 g/mol. The van der Waals surface area contributed by atoms with Crippen molar-refractivity contribution in [3.63, 3.8) is 0 Å². The van der Waals surface area contributed by atoms with Gasteiger partial charge in [-0.2, -0.15) is 0 Å². The van der Waals surface area contributed by atoms with E-state index in [-0.39, 0.29) is 19.7 Å². The first-order valence-corrected chi connectivity index (χ1v) is 7.13. The van der Waals surface area contributed by atoms with Crippen molar-refractivity contribution in [1.29, 1.82) is 0 Å². The van der Waals surface area contributed by atoms with Gasteiger partial charge in [-0.25, -0.2) is 0 Å². The highest BCUT2D eigenvalue weighted by molar-refractivity contribution is 5.95. The third kappa shape index (κ3) is 6.37. The molecule has 0 bridgehead atoms. The number of benzene rings is 1. The third-order valence-corrected chi connectivity index (χ3v) is 3.03. The van der Waals surface area contributed by atoms with Crippen molar-refractivity contribution >= 4 is 17.8 Å². The van der Waals surface area contributed by atoms with E-state index in [0.717, 1.165) is 5.56 Å². The summed E-state index contributed by atoms with van der Waals surface area (Å²) in [5, 5.41) is 0. The maximum atomic E-state index is 12.2. The highest BCUT2D eigenvalue weighted by Crippen LogP contribution is 2.13. The average Bonchev–Trinajstić information content (AvgIpc) is 2.54. The zero-order valence-electron chi connectivity index (χ0n) is 13.5. The van der Waals surface area contributed by atoms with Crippen molar-refractivity contribution in [2.45, 2.75) is 19.9 Å². The summed E-state index contributed by atoms with van der Waals surface area (Å²) in [4.78, 5) is 36.4. The number of hydrogen-bond acceptors (Lipinski definition) is 6. The molecule has 0 aliphatic carbocycles. The van der Waals surface area contributed by atoms with E-state index < -0.39 is 24.3 Å². The zero-order valence-corrected chi connectivity index (χ0v) is 13.5. The Bertz CT molecular complexity index is 540. The van der Waals surface area contributed by atoms with Crippen molar-refractivity contribution in [2.24, 2.45) is 0 Å². The van der Waals surface area contributed by atoms with Crippen LogP contribution in [0.15, 0.2) is 24.3 Å². The number of nitrogens with zero attached hydrogens (tertiary/aromatic N) is 1. The first-order valence-electron chi connectivity index (χ1n) is 7.13. The van der Waals surface area contributed by atoms with Gasteiger partial charge in [-0.1, -0.05) is 12.1 Å². The van der Waals surface area contributed by atoms with Crippen LogP contribution in [-0.2, 0) is 30.4 Å². The molecule has 1 aromatic rings. The van der Waals surface area contributed by atoms with E-state index in [1.807, 2.05) is 0 Å². The minimum Gasteiger partial charge on any atom is -0.497 e. The molecule has 7 nitrogen and oxygen atoms in total. The Morgan fingerprint density at radius 2 is 1.70 bits per heavy atom. The van der Waals surface area contributed by atoms with Gasteiger partial charge in [0.1, 0.15) is 18.7 Å². The molecule has 0 N–H and O–H groups in total. The van der Waals surface area contributed by atoms with E-state index >= 15 is 0 Å². The zero-order chi connectivity index (χ0) is 17.2. The SMILES string of the molecule is CCOC(=O)CN(Cc1ccc(OC)cc1)C(=O)CC(=O)OC. The number of amides is 1. The Morgan fingerprint density at radius 3 is 2.22 bits per heavy atom. The second-order valence-electron chi connectivity index (χ2n) is 4.66. The Labute approximate surface area is 135 Å². The second-order valence-corrected chi connectivity index (χ2v) is 4.66. The molecule has 0 fully saturated rings. The van der Waals surface area contributed by atoms with Crippen molar-refractivity contribution < 1.29 is 28.6 Å². The van der Waals surface area contributed by atoms with Gasteiger partial charge in [-0.15, -0.1) is 0 Å². The predicted octanol–water partition coefficient (Wildman–Crippen LogP) is 1.15. The quantitative estimate of drug-likeness (QED) is 0.527. The van der Waals surface area contributed by atoms with Gasteiger partial charge in [0, 0.05) is 6.54 Å². The minimum absolute atomic E-state index is 0.179. The highest BCUT2D eigenvalue weighted by atomic mass is 16.5. The lowest BCUT2D eigenvalue weighted by Gasteiger charge is -2.21. The number of esters is 2. The molecule has 0 saturated heterocycles. The van der Waals surface area contributed by atoms with Crippen LogP contribution < -0.4 is 4.74 Å². The van der Waals surface area contributed by atoms with Gasteiger partial charge in [0.2, 0.25) is 5.91 Å². The molecule has 0 aliphatic heterocycles. The van der Waals surface area contributed by atoms with Gasteiger partial charge in [0.25, 0.3) is 0 Å². The maximum Gasteiger partial charge on any atom is 0.325 e. The summed E-state index contributed by atoms with van der Waals surface area (Å²) in [7, 11) is 2.76. The summed E-state index contributed by atoms with van der Waals surface area (Å²) in [5.41, 5.74) is 0.799. The number of hydrogen-bond donors (Lipinski definition) is 0. The molecule has 0 radical (unpaired) electrons. The normalized spacial score (nSPS) is 9.87. The van der Waals surface area contributed by atoms with Gasteiger partial charge in [-0.3, -0.25) is 14.4 Å². The monoisotopic (exact) mass is 323 g/mol. The molecule has 0 atom stereocenters. The Morgan fingerprint density at radius 1 is 1.04 bits per heavy atom. The molecule has 0 saturated carbocycles. The van der Waals surface area contributed by atoms with Gasteiger partial charge < -0.3 is 19.1 Å². The van der Waals surface area contributed by atoms with Crippen LogP contribution in [-0.4, -0.2) is 50.1 Å². The number of carbonyl (C=O) groups is 3. The number of carbonyl (C=O) groups excluding carboxylic acids is 3. The number of methoxy groups -OCH3 is 2. The van der Waals surface area contributed by atoms with E-state index in [2.05, 4.69) is 4.74 Å². The summed E-state index contributed by atoms with van der Waals surface area (Å²) in [6.45, 7) is 1.86. The van der Waals surface area contributed by atoms with E-state index in [0.29, 0.717) is 5.75 Å². The lowest BCUT2D eigenvalue weighted by atomic mass is 10.2. The average molecular weight is 323 g/mol. The van der Waals surface area contributed by atoms with Crippen LogP contribution in [0.4, 0.5) is 0 Å². The molecule has 0 aromatic heterocycles. The Hall–Kier alpha value is -2.57. The van der Waals surface area contributed by atoms with Crippen LogP contribution >= 0.6 is 0 Å². The largest absolute Gasteiger partial charge is 0.497 e. The smallest absolute Gasteiger partial charge is 0.325 e. The summed E-state index contributed by atoms with van der Waals surface area (Å²) >= 11 is 0. The summed E-state index contributed by atoms with van der Waals surface area (Å²) < 4.78 is 14.4. The molecule has 1 aromatic carbocycles. The van der Waals surface area contributed by atoms with Crippen LogP contribution in [0.1, 0.15) is 18.9 Å². The molecule has 0 aliphatic rings. The van der Waals surface area contributed by atoms with E-state index in [1.165, 1.54) is 12.0 Å². The van der Waals surface area contributed by atoms with E-state index in [4.69, 9.17) is 9.47 Å². The fourth-order valence-corrected chi connectivity index (χ4v) is 1.85. The molecule has 0 spiro atoms. The van der Waals surface area contributed by atoms with E-state index in [1.54, 1.807) is 38.3 Å². The first-order chi connectivity index (χ1) is 11.0. The van der Waals surface area contributed by atoms with Crippen molar-refractivity contribution in [1.82, 2.24) is 4.90 Å². The number of ether oxygens (including phenoxy) is 3. The lowest BCUT2D eigenvalue weighted by Crippen LogP contribution is -2.37. The summed E-state index contributed by atoms with van der Waals surface area (Å²) in [6.07, 6.45) is -0.425. The van der Waals surface area contributed by atoms with E-state index in [9.17, 15) is 14.4 Å². The van der Waals surface area contributed by atoms with Gasteiger partial charge in [0.05, 0.1) is 20.8 Å². The van der Waals surface area contributed by atoms with Crippen LogP contribution in [0.25, 0.3) is 0 Å². The second kappa shape index (κ2) is 9.45. The lowest BCUT2D eigenvalue weighted by molar-refractivity contribution is -0.153. The standard InChI is InChI=1S/C16H21NO6/c1-4-23-16(20)11-17(14(18)9-15(19)22-3)10-12-5-7-13(21-2)8-6-12/h5-8H,4,9-11H2,1-3H3. The minimum atomic E-state index is -0.654. The van der Waals surface area contributed by atoms with Crippen molar-refractivity contribution in [3.8, 4) is 5.75 Å². The third-order valence-electron chi connectivity index (χ3n) is 3.03. The summed E-state index contributed by atoms with van der Waals surface area (Å²) in [5.74, 6) is -0.995. The number of rotatable bonds is 8. The molecule has 0 heterocycles. The molecule has 126 valence electrons. The van der Waals surface area contributed by atoms with Crippen LogP contribution in [0.2, 0.25) is 0 Å². The van der Waals surface area contributed by atoms with Crippen molar-refractivity contribution in [3.05, 3.63) is 29.8 Å². The van der Waals surface area contributed by atoms with Crippen molar-refractivity contribution in [2.75, 3.05) is 27.4 Å². The molecule has 1 rings (SSSR count).